The Balaban J connectivity index is 1.88. The van der Waals surface area contributed by atoms with Gasteiger partial charge in [0.15, 0.2) is 5.78 Å². The Labute approximate surface area is 185 Å². The van der Waals surface area contributed by atoms with Gasteiger partial charge >= 0.3 is 0 Å². The SMILES string of the molecule is O=C(/C=C/c1cccc([N+](=O)[O-])c1)c1c(-c2ccccc2)c2ccc([N+](=O)[O-])cc2[nH]c1=O. The van der Waals surface area contributed by atoms with E-state index in [2.05, 4.69) is 4.98 Å². The molecule has 0 atom stereocenters. The molecule has 9 nitrogen and oxygen atoms in total. The third-order valence-electron chi connectivity index (χ3n) is 5.03. The Morgan fingerprint density at radius 3 is 2.24 bits per heavy atom. The first-order valence-electron chi connectivity index (χ1n) is 9.72. The lowest BCUT2D eigenvalue weighted by Gasteiger charge is -2.11. The topological polar surface area (TPSA) is 136 Å². The van der Waals surface area contributed by atoms with E-state index in [1.54, 1.807) is 36.4 Å². The third kappa shape index (κ3) is 4.28. The first-order valence-corrected chi connectivity index (χ1v) is 9.72. The number of rotatable bonds is 6. The van der Waals surface area contributed by atoms with Crippen LogP contribution in [-0.2, 0) is 0 Å². The lowest BCUT2D eigenvalue weighted by molar-refractivity contribution is -0.385. The largest absolute Gasteiger partial charge is 0.321 e. The van der Waals surface area contributed by atoms with Crippen LogP contribution in [0, 0.1) is 20.2 Å². The molecule has 0 fully saturated rings. The van der Waals surface area contributed by atoms with Crippen LogP contribution in [0.5, 0.6) is 0 Å². The monoisotopic (exact) mass is 441 g/mol. The Morgan fingerprint density at radius 2 is 1.55 bits per heavy atom. The van der Waals surface area contributed by atoms with Gasteiger partial charge in [-0.05, 0) is 23.3 Å². The van der Waals surface area contributed by atoms with Crippen molar-refractivity contribution in [1.29, 1.82) is 0 Å². The standard InChI is InChI=1S/C24H15N3O6/c28-21(12-9-15-5-4-8-17(13-15)26(30)31)23-22(16-6-2-1-3-7-16)19-11-10-18(27(32)33)14-20(19)25-24(23)29/h1-14H,(H,25,29)/b12-9+. The molecule has 4 aromatic rings. The number of nitrogens with one attached hydrogen (secondary N) is 1. The number of allylic oxidation sites excluding steroid dienone is 1. The van der Waals surface area contributed by atoms with Crippen LogP contribution < -0.4 is 5.56 Å². The van der Waals surface area contributed by atoms with Crippen LogP contribution in [0.15, 0.2) is 83.7 Å². The van der Waals surface area contributed by atoms with Crippen molar-refractivity contribution in [3.63, 3.8) is 0 Å². The average molecular weight is 441 g/mol. The second-order valence-corrected chi connectivity index (χ2v) is 7.11. The van der Waals surface area contributed by atoms with E-state index in [0.29, 0.717) is 22.1 Å². The molecule has 0 aliphatic rings. The van der Waals surface area contributed by atoms with Gasteiger partial charge in [-0.3, -0.25) is 29.8 Å². The summed E-state index contributed by atoms with van der Waals surface area (Å²) >= 11 is 0. The molecule has 0 saturated carbocycles. The van der Waals surface area contributed by atoms with Gasteiger partial charge in [0, 0.05) is 35.2 Å². The van der Waals surface area contributed by atoms with Crippen molar-refractivity contribution in [3.8, 4) is 11.1 Å². The summed E-state index contributed by atoms with van der Waals surface area (Å²) in [4.78, 5) is 49.6. The van der Waals surface area contributed by atoms with Gasteiger partial charge in [-0.25, -0.2) is 0 Å². The van der Waals surface area contributed by atoms with Crippen molar-refractivity contribution in [3.05, 3.63) is 121 Å². The summed E-state index contributed by atoms with van der Waals surface area (Å²) in [6.45, 7) is 0. The number of carbonyl (C=O) groups excluding carboxylic acids is 1. The van der Waals surface area contributed by atoms with Crippen LogP contribution in [0.1, 0.15) is 15.9 Å². The maximum atomic E-state index is 13.1. The number of benzene rings is 3. The minimum absolute atomic E-state index is 0.125. The molecule has 0 radical (unpaired) electrons. The van der Waals surface area contributed by atoms with E-state index in [0.717, 1.165) is 0 Å². The average Bonchev–Trinajstić information content (AvgIpc) is 2.82. The first-order chi connectivity index (χ1) is 15.8. The molecule has 1 N–H and O–H groups in total. The third-order valence-corrected chi connectivity index (χ3v) is 5.03. The summed E-state index contributed by atoms with van der Waals surface area (Å²) in [6, 6.07) is 18.5. The Bertz CT molecular complexity index is 1510. The number of carbonyl (C=O) groups is 1. The number of nitrogens with zero attached hydrogens (tertiary/aromatic N) is 2. The van der Waals surface area contributed by atoms with E-state index < -0.39 is 21.2 Å². The molecule has 1 heterocycles. The highest BCUT2D eigenvalue weighted by atomic mass is 16.6. The molecule has 0 aliphatic heterocycles. The summed E-state index contributed by atoms with van der Waals surface area (Å²) < 4.78 is 0. The Kier molecular flexibility index (Phi) is 5.60. The molecule has 0 amide bonds. The zero-order valence-electron chi connectivity index (χ0n) is 16.9. The number of aromatic amines is 1. The van der Waals surface area contributed by atoms with Gasteiger partial charge in [0.05, 0.1) is 20.9 Å². The van der Waals surface area contributed by atoms with Gasteiger partial charge in [-0.1, -0.05) is 48.5 Å². The molecule has 0 aliphatic carbocycles. The van der Waals surface area contributed by atoms with E-state index in [1.807, 2.05) is 0 Å². The van der Waals surface area contributed by atoms with Crippen LogP contribution in [0.3, 0.4) is 0 Å². The van der Waals surface area contributed by atoms with Gasteiger partial charge in [0.2, 0.25) is 0 Å². The fraction of sp³-hybridized carbons (Fsp3) is 0. The summed E-state index contributed by atoms with van der Waals surface area (Å²) in [7, 11) is 0. The molecular weight excluding hydrogens is 426 g/mol. The molecule has 3 aromatic carbocycles. The van der Waals surface area contributed by atoms with Crippen LogP contribution in [0.25, 0.3) is 28.1 Å². The number of aromatic nitrogens is 1. The summed E-state index contributed by atoms with van der Waals surface area (Å²) in [6.07, 6.45) is 2.57. The number of hydrogen-bond acceptors (Lipinski definition) is 6. The van der Waals surface area contributed by atoms with Gasteiger partial charge in [-0.15, -0.1) is 0 Å². The number of nitro groups is 2. The number of hydrogen-bond donors (Lipinski definition) is 1. The lowest BCUT2D eigenvalue weighted by Crippen LogP contribution is -2.18. The summed E-state index contributed by atoms with van der Waals surface area (Å²) in [5, 5.41) is 22.6. The van der Waals surface area contributed by atoms with E-state index >= 15 is 0 Å². The van der Waals surface area contributed by atoms with Crippen molar-refractivity contribution in [2.24, 2.45) is 0 Å². The quantitative estimate of drug-likeness (QED) is 0.195. The van der Waals surface area contributed by atoms with Gasteiger partial charge in [-0.2, -0.15) is 0 Å². The number of nitro benzene ring substituents is 2. The van der Waals surface area contributed by atoms with Crippen molar-refractivity contribution in [1.82, 2.24) is 4.98 Å². The number of pyridine rings is 1. The predicted molar refractivity (Wildman–Crippen MR) is 123 cm³/mol. The van der Waals surface area contributed by atoms with E-state index in [4.69, 9.17) is 0 Å². The van der Waals surface area contributed by atoms with E-state index in [1.165, 1.54) is 48.6 Å². The molecule has 162 valence electrons. The highest BCUT2D eigenvalue weighted by molar-refractivity contribution is 6.15. The van der Waals surface area contributed by atoms with Crippen molar-refractivity contribution < 1.29 is 14.6 Å². The molecule has 33 heavy (non-hydrogen) atoms. The van der Waals surface area contributed by atoms with Crippen LogP contribution in [0.2, 0.25) is 0 Å². The van der Waals surface area contributed by atoms with E-state index in [9.17, 15) is 29.8 Å². The van der Waals surface area contributed by atoms with Crippen molar-refractivity contribution in [2.45, 2.75) is 0 Å². The van der Waals surface area contributed by atoms with Gasteiger partial charge in [0.25, 0.3) is 16.9 Å². The van der Waals surface area contributed by atoms with Crippen LogP contribution in [0.4, 0.5) is 11.4 Å². The van der Waals surface area contributed by atoms with E-state index in [-0.39, 0.29) is 22.5 Å². The minimum Gasteiger partial charge on any atom is -0.321 e. The Hall–Kier alpha value is -4.92. The Morgan fingerprint density at radius 1 is 0.848 bits per heavy atom. The number of fused-ring (bicyclic) bond motifs is 1. The maximum absolute atomic E-state index is 13.1. The zero-order chi connectivity index (χ0) is 23.5. The second kappa shape index (κ2) is 8.67. The summed E-state index contributed by atoms with van der Waals surface area (Å²) in [5.41, 5.74) is 0.438. The van der Waals surface area contributed by atoms with Crippen LogP contribution in [-0.4, -0.2) is 20.6 Å². The van der Waals surface area contributed by atoms with Gasteiger partial charge in [0.1, 0.15) is 0 Å². The number of non-ortho nitro benzene ring substituents is 2. The first kappa shape index (κ1) is 21.3. The number of H-pyrrole nitrogens is 1. The van der Waals surface area contributed by atoms with Gasteiger partial charge < -0.3 is 4.98 Å². The fourth-order valence-electron chi connectivity index (χ4n) is 3.54. The maximum Gasteiger partial charge on any atom is 0.271 e. The molecule has 0 spiro atoms. The summed E-state index contributed by atoms with van der Waals surface area (Å²) in [5.74, 6) is -0.609. The van der Waals surface area contributed by atoms with Crippen LogP contribution >= 0.6 is 0 Å². The highest BCUT2D eigenvalue weighted by Crippen LogP contribution is 2.31. The predicted octanol–water partition coefficient (Wildman–Crippen LogP) is 4.91. The molecule has 9 heteroatoms. The number of ketones is 1. The minimum atomic E-state index is -0.699. The molecule has 1 aromatic heterocycles. The molecular formula is C24H15N3O6. The smallest absolute Gasteiger partial charge is 0.271 e. The van der Waals surface area contributed by atoms with Crippen molar-refractivity contribution >= 4 is 34.1 Å². The fourth-order valence-corrected chi connectivity index (χ4v) is 3.54. The molecule has 0 unspecified atom stereocenters. The highest BCUT2D eigenvalue weighted by Gasteiger charge is 2.20. The lowest BCUT2D eigenvalue weighted by atomic mass is 9.93. The van der Waals surface area contributed by atoms with Crippen molar-refractivity contribution in [2.75, 3.05) is 0 Å². The normalized spacial score (nSPS) is 11.0. The molecule has 4 rings (SSSR count). The second-order valence-electron chi connectivity index (χ2n) is 7.11. The molecule has 0 saturated heterocycles. The zero-order valence-corrected chi connectivity index (χ0v) is 16.9. The molecule has 0 bridgehead atoms.